The zero-order valence-corrected chi connectivity index (χ0v) is 12.5. The Labute approximate surface area is 114 Å². The number of nitrogens with zero attached hydrogens (tertiary/aromatic N) is 1. The van der Waals surface area contributed by atoms with Crippen molar-refractivity contribution < 1.29 is 0 Å². The highest BCUT2D eigenvalue weighted by atomic mass is 15.2. The molecule has 2 rings (SSSR count). The molecular formula is C16H32N2. The number of hydrogen-bond donors (Lipinski definition) is 1. The zero-order chi connectivity index (χ0) is 12.8. The first kappa shape index (κ1) is 14.3. The molecule has 1 aliphatic heterocycles. The Kier molecular flexibility index (Phi) is 5.97. The predicted molar refractivity (Wildman–Crippen MR) is 78.9 cm³/mol. The molecule has 2 aliphatic rings. The van der Waals surface area contributed by atoms with Crippen molar-refractivity contribution in [2.24, 2.45) is 5.92 Å². The van der Waals surface area contributed by atoms with Crippen LogP contribution in [0.4, 0.5) is 0 Å². The first-order chi connectivity index (χ1) is 8.85. The summed E-state index contributed by atoms with van der Waals surface area (Å²) in [5, 5.41) is 3.33. The van der Waals surface area contributed by atoms with Crippen molar-refractivity contribution in [1.82, 2.24) is 10.2 Å². The number of nitrogens with one attached hydrogen (secondary N) is 1. The van der Waals surface area contributed by atoms with Crippen LogP contribution < -0.4 is 5.32 Å². The summed E-state index contributed by atoms with van der Waals surface area (Å²) in [6.07, 6.45) is 13.0. The summed E-state index contributed by atoms with van der Waals surface area (Å²) in [5.74, 6) is 1.03. The van der Waals surface area contributed by atoms with Gasteiger partial charge in [-0.15, -0.1) is 0 Å². The molecular weight excluding hydrogens is 220 g/mol. The average molecular weight is 252 g/mol. The van der Waals surface area contributed by atoms with Crippen molar-refractivity contribution in [1.29, 1.82) is 0 Å². The van der Waals surface area contributed by atoms with E-state index in [0.29, 0.717) is 0 Å². The van der Waals surface area contributed by atoms with Gasteiger partial charge in [-0.25, -0.2) is 0 Å². The van der Waals surface area contributed by atoms with E-state index in [1.807, 2.05) is 0 Å². The molecule has 0 bridgehead atoms. The van der Waals surface area contributed by atoms with E-state index in [1.54, 1.807) is 0 Å². The van der Waals surface area contributed by atoms with Crippen molar-refractivity contribution in [2.75, 3.05) is 20.1 Å². The van der Waals surface area contributed by atoms with E-state index in [4.69, 9.17) is 0 Å². The molecule has 1 heterocycles. The summed E-state index contributed by atoms with van der Waals surface area (Å²) in [5.41, 5.74) is 0. The molecule has 0 spiro atoms. The van der Waals surface area contributed by atoms with Gasteiger partial charge in [0.1, 0.15) is 0 Å². The molecule has 0 aromatic rings. The van der Waals surface area contributed by atoms with E-state index in [2.05, 4.69) is 24.2 Å². The quantitative estimate of drug-likeness (QED) is 0.806. The number of piperidine rings is 1. The van der Waals surface area contributed by atoms with Crippen LogP contribution >= 0.6 is 0 Å². The molecule has 1 saturated heterocycles. The molecule has 0 radical (unpaired) electrons. The lowest BCUT2D eigenvalue weighted by Crippen LogP contribution is -2.48. The maximum Gasteiger partial charge on any atom is 0.0110 e. The van der Waals surface area contributed by atoms with Crippen LogP contribution in [-0.2, 0) is 0 Å². The van der Waals surface area contributed by atoms with Crippen molar-refractivity contribution >= 4 is 0 Å². The Morgan fingerprint density at radius 1 is 1.06 bits per heavy atom. The zero-order valence-electron chi connectivity index (χ0n) is 12.5. The minimum atomic E-state index is 0.870. The van der Waals surface area contributed by atoms with Gasteiger partial charge in [0.15, 0.2) is 0 Å². The topological polar surface area (TPSA) is 15.3 Å². The summed E-state index contributed by atoms with van der Waals surface area (Å²) in [7, 11) is 2.08. The van der Waals surface area contributed by atoms with E-state index in [9.17, 15) is 0 Å². The van der Waals surface area contributed by atoms with Crippen molar-refractivity contribution in [3.63, 3.8) is 0 Å². The van der Waals surface area contributed by atoms with E-state index < -0.39 is 0 Å². The highest BCUT2D eigenvalue weighted by Gasteiger charge is 2.30. The van der Waals surface area contributed by atoms with Crippen LogP contribution in [0.5, 0.6) is 0 Å². The van der Waals surface area contributed by atoms with Gasteiger partial charge < -0.3 is 5.32 Å². The molecule has 1 atom stereocenters. The summed E-state index contributed by atoms with van der Waals surface area (Å²) >= 11 is 0. The third-order valence-electron chi connectivity index (χ3n) is 5.26. The third kappa shape index (κ3) is 3.71. The molecule has 18 heavy (non-hydrogen) atoms. The Hall–Kier alpha value is -0.0800. The standard InChI is InChI=1S/C16H32N2/c1-3-14-7-9-16(10-8-14)18-13-5-4-6-15(18)11-12-17-2/h14-17H,3-13H2,1-2H3. The fourth-order valence-electron chi connectivity index (χ4n) is 4.01. The van der Waals surface area contributed by atoms with Crippen LogP contribution in [0.3, 0.4) is 0 Å². The van der Waals surface area contributed by atoms with E-state index in [0.717, 1.165) is 18.0 Å². The second-order valence-corrected chi connectivity index (χ2v) is 6.36. The molecule has 1 aliphatic carbocycles. The minimum absolute atomic E-state index is 0.870. The Morgan fingerprint density at radius 3 is 2.50 bits per heavy atom. The maximum atomic E-state index is 3.33. The van der Waals surface area contributed by atoms with Gasteiger partial charge in [0.25, 0.3) is 0 Å². The molecule has 0 aromatic carbocycles. The van der Waals surface area contributed by atoms with Gasteiger partial charge >= 0.3 is 0 Å². The molecule has 106 valence electrons. The lowest BCUT2D eigenvalue weighted by atomic mass is 9.82. The molecule has 1 N–H and O–H groups in total. The second kappa shape index (κ2) is 7.49. The molecule has 2 heteroatoms. The maximum absolute atomic E-state index is 3.33. The van der Waals surface area contributed by atoms with Crippen LogP contribution in [0.15, 0.2) is 0 Å². The summed E-state index contributed by atoms with van der Waals surface area (Å²) in [4.78, 5) is 2.88. The van der Waals surface area contributed by atoms with Gasteiger partial charge in [0.2, 0.25) is 0 Å². The Bertz CT molecular complexity index is 221. The molecule has 0 amide bonds. The van der Waals surface area contributed by atoms with Crippen molar-refractivity contribution in [3.8, 4) is 0 Å². The second-order valence-electron chi connectivity index (χ2n) is 6.36. The van der Waals surface area contributed by atoms with Crippen LogP contribution in [0.25, 0.3) is 0 Å². The van der Waals surface area contributed by atoms with E-state index in [1.165, 1.54) is 70.9 Å². The van der Waals surface area contributed by atoms with Crippen LogP contribution in [0, 0.1) is 5.92 Å². The van der Waals surface area contributed by atoms with Gasteiger partial charge in [0.05, 0.1) is 0 Å². The molecule has 1 saturated carbocycles. The largest absolute Gasteiger partial charge is 0.320 e. The minimum Gasteiger partial charge on any atom is -0.320 e. The number of hydrogen-bond acceptors (Lipinski definition) is 2. The molecule has 2 fully saturated rings. The van der Waals surface area contributed by atoms with E-state index >= 15 is 0 Å². The fourth-order valence-corrected chi connectivity index (χ4v) is 4.01. The van der Waals surface area contributed by atoms with Crippen LogP contribution in [0.2, 0.25) is 0 Å². The van der Waals surface area contributed by atoms with Crippen LogP contribution in [-0.4, -0.2) is 37.1 Å². The van der Waals surface area contributed by atoms with Gasteiger partial charge in [-0.05, 0) is 71.0 Å². The third-order valence-corrected chi connectivity index (χ3v) is 5.26. The van der Waals surface area contributed by atoms with Gasteiger partial charge in [-0.3, -0.25) is 4.90 Å². The normalized spacial score (nSPS) is 34.7. The smallest absolute Gasteiger partial charge is 0.0110 e. The first-order valence-electron chi connectivity index (χ1n) is 8.25. The summed E-state index contributed by atoms with van der Waals surface area (Å²) < 4.78 is 0. The van der Waals surface area contributed by atoms with Gasteiger partial charge in [-0.2, -0.15) is 0 Å². The van der Waals surface area contributed by atoms with Gasteiger partial charge in [0, 0.05) is 12.1 Å². The highest BCUT2D eigenvalue weighted by Crippen LogP contribution is 2.33. The fraction of sp³-hybridized carbons (Fsp3) is 1.00. The SMILES string of the molecule is CCC1CCC(N2CCCCC2CCNC)CC1. The first-order valence-corrected chi connectivity index (χ1v) is 8.25. The van der Waals surface area contributed by atoms with Crippen LogP contribution in [0.1, 0.15) is 64.7 Å². The number of likely N-dealkylation sites (tertiary alicyclic amines) is 1. The lowest BCUT2D eigenvalue weighted by Gasteiger charge is -2.44. The Balaban J connectivity index is 1.84. The molecule has 1 unspecified atom stereocenters. The summed E-state index contributed by atoms with van der Waals surface area (Å²) in [6, 6.07) is 1.78. The number of rotatable bonds is 5. The van der Waals surface area contributed by atoms with E-state index in [-0.39, 0.29) is 0 Å². The molecule has 0 aromatic heterocycles. The summed E-state index contributed by atoms with van der Waals surface area (Å²) in [6.45, 7) is 4.92. The average Bonchev–Trinajstić information content (AvgIpc) is 2.45. The van der Waals surface area contributed by atoms with Crippen molar-refractivity contribution in [2.45, 2.75) is 76.8 Å². The monoisotopic (exact) mass is 252 g/mol. The van der Waals surface area contributed by atoms with Gasteiger partial charge in [-0.1, -0.05) is 19.8 Å². The predicted octanol–water partition coefficient (Wildman–Crippen LogP) is 3.42. The van der Waals surface area contributed by atoms with Crippen molar-refractivity contribution in [3.05, 3.63) is 0 Å². The lowest BCUT2D eigenvalue weighted by molar-refractivity contribution is 0.0583. The molecule has 2 nitrogen and oxygen atoms in total. The highest BCUT2D eigenvalue weighted by molar-refractivity contribution is 4.86. The Morgan fingerprint density at radius 2 is 1.83 bits per heavy atom.